The summed E-state index contributed by atoms with van der Waals surface area (Å²) in [6.07, 6.45) is 3.46. The monoisotopic (exact) mass is 290 g/mol. The van der Waals surface area contributed by atoms with Gasteiger partial charge in [-0.1, -0.05) is 18.2 Å². The molecule has 22 heavy (non-hydrogen) atoms. The van der Waals surface area contributed by atoms with Crippen LogP contribution in [0.2, 0.25) is 0 Å². The molecule has 0 amide bonds. The van der Waals surface area contributed by atoms with Gasteiger partial charge in [-0.25, -0.2) is 19.0 Å². The minimum Gasteiger partial charge on any atom is -0.236 e. The predicted molar refractivity (Wildman–Crippen MR) is 82.1 cm³/mol. The molecule has 0 saturated carbocycles. The predicted octanol–water partition coefficient (Wildman–Crippen LogP) is 3.62. The van der Waals surface area contributed by atoms with Crippen LogP contribution in [0.15, 0.2) is 67.0 Å². The van der Waals surface area contributed by atoms with Gasteiger partial charge in [0.2, 0.25) is 0 Å². The zero-order valence-corrected chi connectivity index (χ0v) is 11.5. The highest BCUT2D eigenvalue weighted by atomic mass is 19.1. The van der Waals surface area contributed by atoms with Gasteiger partial charge in [-0.05, 0) is 36.4 Å². The van der Waals surface area contributed by atoms with Crippen LogP contribution in [-0.4, -0.2) is 19.7 Å². The maximum atomic E-state index is 13.0. The lowest BCUT2D eigenvalue weighted by Crippen LogP contribution is -1.98. The van der Waals surface area contributed by atoms with Crippen molar-refractivity contribution in [3.8, 4) is 17.1 Å². The van der Waals surface area contributed by atoms with Crippen molar-refractivity contribution in [2.24, 2.45) is 0 Å². The highest BCUT2D eigenvalue weighted by Gasteiger charge is 2.09. The minimum atomic E-state index is -0.279. The molecule has 2 aromatic heterocycles. The molecule has 0 spiro atoms. The molecule has 0 radical (unpaired) electrons. The average molecular weight is 290 g/mol. The van der Waals surface area contributed by atoms with Crippen LogP contribution >= 0.6 is 0 Å². The van der Waals surface area contributed by atoms with Crippen LogP contribution < -0.4 is 0 Å². The molecule has 5 heteroatoms. The Morgan fingerprint density at radius 3 is 2.41 bits per heavy atom. The second-order valence-electron chi connectivity index (χ2n) is 4.87. The number of fused-ring (bicyclic) bond motifs is 1. The summed E-state index contributed by atoms with van der Waals surface area (Å²) in [7, 11) is 0. The summed E-state index contributed by atoms with van der Waals surface area (Å²) >= 11 is 0. The first-order chi connectivity index (χ1) is 10.8. The van der Waals surface area contributed by atoms with Crippen molar-refractivity contribution >= 4 is 11.0 Å². The molecular weight excluding hydrogens is 279 g/mol. The van der Waals surface area contributed by atoms with Gasteiger partial charge in [0.15, 0.2) is 11.5 Å². The number of rotatable bonds is 2. The van der Waals surface area contributed by atoms with Crippen molar-refractivity contribution in [2.75, 3.05) is 0 Å². The fourth-order valence-electron chi connectivity index (χ4n) is 2.31. The Hall–Kier alpha value is -3.08. The molecule has 0 aliphatic heterocycles. The Bertz CT molecular complexity index is 930. The standard InChI is InChI=1S/C17H11FN4/c18-14-8-6-12(7-9-14)16-19-10-13-11-20-22(17(13)21-16)15-4-2-1-3-5-15/h1-11H. The van der Waals surface area contributed by atoms with E-state index in [9.17, 15) is 4.39 Å². The Kier molecular flexibility index (Phi) is 2.89. The topological polar surface area (TPSA) is 43.6 Å². The number of aromatic nitrogens is 4. The zero-order valence-electron chi connectivity index (χ0n) is 11.5. The zero-order chi connectivity index (χ0) is 14.9. The van der Waals surface area contributed by atoms with E-state index in [0.717, 1.165) is 22.3 Å². The normalized spacial score (nSPS) is 11.0. The molecule has 0 aliphatic rings. The molecule has 0 saturated heterocycles. The summed E-state index contributed by atoms with van der Waals surface area (Å²) in [6, 6.07) is 15.9. The van der Waals surface area contributed by atoms with E-state index < -0.39 is 0 Å². The molecule has 4 rings (SSSR count). The molecule has 4 nitrogen and oxygen atoms in total. The van der Waals surface area contributed by atoms with Gasteiger partial charge in [-0.2, -0.15) is 5.10 Å². The van der Waals surface area contributed by atoms with Crippen LogP contribution in [0.5, 0.6) is 0 Å². The smallest absolute Gasteiger partial charge is 0.166 e. The van der Waals surface area contributed by atoms with Gasteiger partial charge in [0.1, 0.15) is 5.82 Å². The van der Waals surface area contributed by atoms with Crippen molar-refractivity contribution in [2.45, 2.75) is 0 Å². The van der Waals surface area contributed by atoms with E-state index in [0.29, 0.717) is 5.82 Å². The molecule has 2 aromatic carbocycles. The summed E-state index contributed by atoms with van der Waals surface area (Å²) < 4.78 is 14.8. The third kappa shape index (κ3) is 2.13. The minimum absolute atomic E-state index is 0.279. The molecule has 0 atom stereocenters. The van der Waals surface area contributed by atoms with E-state index in [4.69, 9.17) is 0 Å². The Morgan fingerprint density at radius 2 is 1.64 bits per heavy atom. The van der Waals surface area contributed by atoms with Gasteiger partial charge in [-0.15, -0.1) is 0 Å². The van der Waals surface area contributed by atoms with Crippen molar-refractivity contribution < 1.29 is 4.39 Å². The highest BCUT2D eigenvalue weighted by Crippen LogP contribution is 2.20. The fourth-order valence-corrected chi connectivity index (χ4v) is 2.31. The number of halogens is 1. The Morgan fingerprint density at radius 1 is 0.864 bits per heavy atom. The van der Waals surface area contributed by atoms with Crippen LogP contribution in [0.1, 0.15) is 0 Å². The van der Waals surface area contributed by atoms with Crippen molar-refractivity contribution in [3.05, 3.63) is 72.8 Å². The third-order valence-electron chi connectivity index (χ3n) is 3.41. The van der Waals surface area contributed by atoms with Gasteiger partial charge in [-0.3, -0.25) is 0 Å². The lowest BCUT2D eigenvalue weighted by molar-refractivity contribution is 0.628. The highest BCUT2D eigenvalue weighted by molar-refractivity contribution is 5.77. The molecule has 0 fully saturated rings. The van der Waals surface area contributed by atoms with Crippen LogP contribution in [0.4, 0.5) is 4.39 Å². The van der Waals surface area contributed by atoms with Gasteiger partial charge < -0.3 is 0 Å². The largest absolute Gasteiger partial charge is 0.236 e. The molecule has 106 valence electrons. The van der Waals surface area contributed by atoms with E-state index in [1.807, 2.05) is 30.3 Å². The first kappa shape index (κ1) is 12.6. The number of para-hydroxylation sites is 1. The van der Waals surface area contributed by atoms with E-state index in [1.165, 1.54) is 12.1 Å². The van der Waals surface area contributed by atoms with E-state index >= 15 is 0 Å². The summed E-state index contributed by atoms with van der Waals surface area (Å²) in [5, 5.41) is 5.22. The van der Waals surface area contributed by atoms with Crippen LogP contribution in [0, 0.1) is 5.82 Å². The maximum absolute atomic E-state index is 13.0. The van der Waals surface area contributed by atoms with Crippen molar-refractivity contribution in [3.63, 3.8) is 0 Å². The van der Waals surface area contributed by atoms with E-state index in [2.05, 4.69) is 15.1 Å². The van der Waals surface area contributed by atoms with Crippen LogP contribution in [0.25, 0.3) is 28.1 Å². The quantitative estimate of drug-likeness (QED) is 0.566. The first-order valence-electron chi connectivity index (χ1n) is 6.83. The maximum Gasteiger partial charge on any atom is 0.166 e. The third-order valence-corrected chi connectivity index (χ3v) is 3.41. The molecule has 0 unspecified atom stereocenters. The van der Waals surface area contributed by atoms with Gasteiger partial charge in [0.25, 0.3) is 0 Å². The molecule has 4 aromatic rings. The van der Waals surface area contributed by atoms with E-state index in [-0.39, 0.29) is 5.82 Å². The lowest BCUT2D eigenvalue weighted by Gasteiger charge is -2.04. The SMILES string of the molecule is Fc1ccc(-c2ncc3cnn(-c4ccccc4)c3n2)cc1. The second kappa shape index (κ2) is 5.04. The van der Waals surface area contributed by atoms with Crippen LogP contribution in [0.3, 0.4) is 0 Å². The number of hydrogen-bond acceptors (Lipinski definition) is 3. The van der Waals surface area contributed by atoms with Gasteiger partial charge in [0.05, 0.1) is 17.3 Å². The lowest BCUT2D eigenvalue weighted by atomic mass is 10.2. The van der Waals surface area contributed by atoms with Gasteiger partial charge >= 0.3 is 0 Å². The summed E-state index contributed by atoms with van der Waals surface area (Å²) in [4.78, 5) is 8.91. The average Bonchev–Trinajstić information content (AvgIpc) is 2.99. The Labute approximate surface area is 125 Å². The fraction of sp³-hybridized carbons (Fsp3) is 0. The van der Waals surface area contributed by atoms with Crippen molar-refractivity contribution in [1.82, 2.24) is 19.7 Å². The number of nitrogens with zero attached hydrogens (tertiary/aromatic N) is 4. The summed E-state index contributed by atoms with van der Waals surface area (Å²) in [5.74, 6) is 0.268. The molecular formula is C17H11FN4. The van der Waals surface area contributed by atoms with Crippen LogP contribution in [-0.2, 0) is 0 Å². The van der Waals surface area contributed by atoms with Crippen molar-refractivity contribution in [1.29, 1.82) is 0 Å². The molecule has 0 bridgehead atoms. The molecule has 2 heterocycles. The van der Waals surface area contributed by atoms with Gasteiger partial charge in [0, 0.05) is 11.8 Å². The summed E-state index contributed by atoms with van der Waals surface area (Å²) in [6.45, 7) is 0. The summed E-state index contributed by atoms with van der Waals surface area (Å²) in [5.41, 5.74) is 2.42. The molecule has 0 N–H and O–H groups in total. The first-order valence-corrected chi connectivity index (χ1v) is 6.83. The number of hydrogen-bond donors (Lipinski definition) is 0. The molecule has 0 aliphatic carbocycles. The van der Waals surface area contributed by atoms with E-state index in [1.54, 1.807) is 29.2 Å². The Balaban J connectivity index is 1.88. The second-order valence-corrected chi connectivity index (χ2v) is 4.87. The number of benzene rings is 2.